The number of benzene rings is 2. The fourth-order valence-electron chi connectivity index (χ4n) is 2.26. The van der Waals surface area contributed by atoms with Gasteiger partial charge in [-0.1, -0.05) is 12.1 Å². The number of hydrogen-bond acceptors (Lipinski definition) is 4. The monoisotopic (exact) mass is 340 g/mol. The molecular formula is C21H24O4. The summed E-state index contributed by atoms with van der Waals surface area (Å²) in [5.41, 5.74) is 3.08. The molecule has 0 unspecified atom stereocenters. The van der Waals surface area contributed by atoms with E-state index in [1.165, 1.54) is 6.08 Å². The highest BCUT2D eigenvalue weighted by Crippen LogP contribution is 2.29. The van der Waals surface area contributed by atoms with Crippen LogP contribution >= 0.6 is 0 Å². The molecule has 0 aliphatic heterocycles. The fourth-order valence-corrected chi connectivity index (χ4v) is 2.26. The standard InChI is InChI=1S/C21H24O4/c1-5-23-19-11-8-17(14-20(19)24-6-2)9-12-21(22)25-18-10-7-15(3)16(4)13-18/h7-14H,5-6H2,1-4H3/b12-9+. The Balaban J connectivity index is 2.08. The van der Waals surface area contributed by atoms with Gasteiger partial charge in [0.1, 0.15) is 5.75 Å². The maximum atomic E-state index is 12.0. The van der Waals surface area contributed by atoms with E-state index < -0.39 is 5.97 Å². The van der Waals surface area contributed by atoms with Gasteiger partial charge >= 0.3 is 5.97 Å². The Kier molecular flexibility index (Phi) is 6.63. The molecule has 2 aromatic carbocycles. The Bertz CT molecular complexity index is 762. The molecule has 0 saturated heterocycles. The van der Waals surface area contributed by atoms with Crippen molar-refractivity contribution in [3.63, 3.8) is 0 Å². The van der Waals surface area contributed by atoms with Crippen LogP contribution in [0.25, 0.3) is 6.08 Å². The van der Waals surface area contributed by atoms with Gasteiger partial charge in [0.05, 0.1) is 13.2 Å². The summed E-state index contributed by atoms with van der Waals surface area (Å²) >= 11 is 0. The molecule has 0 atom stereocenters. The van der Waals surface area contributed by atoms with Crippen LogP contribution in [0.15, 0.2) is 42.5 Å². The zero-order valence-electron chi connectivity index (χ0n) is 15.2. The normalized spacial score (nSPS) is 10.7. The lowest BCUT2D eigenvalue weighted by atomic mass is 10.1. The maximum absolute atomic E-state index is 12.0. The van der Waals surface area contributed by atoms with Gasteiger partial charge in [-0.15, -0.1) is 0 Å². The predicted molar refractivity (Wildman–Crippen MR) is 99.4 cm³/mol. The minimum Gasteiger partial charge on any atom is -0.490 e. The summed E-state index contributed by atoms with van der Waals surface area (Å²) in [5, 5.41) is 0. The molecule has 0 radical (unpaired) electrons. The van der Waals surface area contributed by atoms with Crippen molar-refractivity contribution in [1.29, 1.82) is 0 Å². The minimum atomic E-state index is -0.421. The average Bonchev–Trinajstić information content (AvgIpc) is 2.59. The molecule has 25 heavy (non-hydrogen) atoms. The SMILES string of the molecule is CCOc1ccc(/C=C/C(=O)Oc2ccc(C)c(C)c2)cc1OCC. The molecule has 0 saturated carbocycles. The van der Waals surface area contributed by atoms with Crippen LogP contribution in [0, 0.1) is 13.8 Å². The van der Waals surface area contributed by atoms with E-state index in [0.717, 1.165) is 16.7 Å². The van der Waals surface area contributed by atoms with E-state index in [2.05, 4.69) is 0 Å². The highest BCUT2D eigenvalue weighted by molar-refractivity contribution is 5.88. The van der Waals surface area contributed by atoms with E-state index in [0.29, 0.717) is 30.5 Å². The van der Waals surface area contributed by atoms with Crippen molar-refractivity contribution >= 4 is 12.0 Å². The number of hydrogen-bond donors (Lipinski definition) is 0. The molecule has 2 rings (SSSR count). The zero-order valence-corrected chi connectivity index (χ0v) is 15.2. The van der Waals surface area contributed by atoms with E-state index in [1.807, 2.05) is 58.0 Å². The third kappa shape index (κ3) is 5.38. The summed E-state index contributed by atoms with van der Waals surface area (Å²) in [7, 11) is 0. The van der Waals surface area contributed by atoms with E-state index >= 15 is 0 Å². The predicted octanol–water partition coefficient (Wildman–Crippen LogP) is 4.72. The first-order chi connectivity index (χ1) is 12.0. The second-order valence-corrected chi connectivity index (χ2v) is 5.57. The first-order valence-electron chi connectivity index (χ1n) is 8.40. The average molecular weight is 340 g/mol. The van der Waals surface area contributed by atoms with Gasteiger partial charge in [0, 0.05) is 6.08 Å². The molecular weight excluding hydrogens is 316 g/mol. The van der Waals surface area contributed by atoms with Gasteiger partial charge in [0.25, 0.3) is 0 Å². The molecule has 4 nitrogen and oxygen atoms in total. The molecule has 0 amide bonds. The molecule has 0 aliphatic rings. The van der Waals surface area contributed by atoms with Crippen LogP contribution in [0.5, 0.6) is 17.2 Å². The summed E-state index contributed by atoms with van der Waals surface area (Å²) in [5.74, 6) is 1.47. The van der Waals surface area contributed by atoms with Crippen molar-refractivity contribution in [1.82, 2.24) is 0 Å². The molecule has 4 heteroatoms. The molecule has 132 valence electrons. The van der Waals surface area contributed by atoms with Crippen LogP contribution in [0.3, 0.4) is 0 Å². The van der Waals surface area contributed by atoms with Crippen molar-refractivity contribution in [3.8, 4) is 17.2 Å². The molecule has 0 heterocycles. The van der Waals surface area contributed by atoms with E-state index in [-0.39, 0.29) is 0 Å². The molecule has 0 aliphatic carbocycles. The van der Waals surface area contributed by atoms with E-state index in [1.54, 1.807) is 12.1 Å². The van der Waals surface area contributed by atoms with Crippen LogP contribution in [0.4, 0.5) is 0 Å². The summed E-state index contributed by atoms with van der Waals surface area (Å²) in [4.78, 5) is 12.0. The first kappa shape index (κ1) is 18.6. The van der Waals surface area contributed by atoms with Crippen molar-refractivity contribution in [3.05, 3.63) is 59.2 Å². The number of carbonyl (C=O) groups excluding carboxylic acids is 1. The van der Waals surface area contributed by atoms with Gasteiger partial charge in [-0.05, 0) is 74.7 Å². The highest BCUT2D eigenvalue weighted by atomic mass is 16.5. The van der Waals surface area contributed by atoms with E-state index in [4.69, 9.17) is 14.2 Å². The summed E-state index contributed by atoms with van der Waals surface area (Å²) in [6.07, 6.45) is 3.10. The number of aryl methyl sites for hydroxylation is 2. The zero-order chi connectivity index (χ0) is 18.2. The van der Waals surface area contributed by atoms with Crippen LogP contribution in [0.1, 0.15) is 30.5 Å². The summed E-state index contributed by atoms with van der Waals surface area (Å²) in [6.45, 7) is 8.95. The Morgan fingerprint density at radius 3 is 2.32 bits per heavy atom. The Morgan fingerprint density at radius 2 is 1.64 bits per heavy atom. The summed E-state index contributed by atoms with van der Waals surface area (Å²) in [6, 6.07) is 11.1. The molecule has 0 N–H and O–H groups in total. The van der Waals surface area contributed by atoms with Crippen LogP contribution in [0.2, 0.25) is 0 Å². The lowest BCUT2D eigenvalue weighted by molar-refractivity contribution is -0.128. The van der Waals surface area contributed by atoms with Gasteiger partial charge in [0.15, 0.2) is 11.5 Å². The van der Waals surface area contributed by atoms with Gasteiger partial charge in [-0.2, -0.15) is 0 Å². The van der Waals surface area contributed by atoms with Crippen LogP contribution < -0.4 is 14.2 Å². The number of carbonyl (C=O) groups is 1. The van der Waals surface area contributed by atoms with Gasteiger partial charge in [-0.25, -0.2) is 4.79 Å². The van der Waals surface area contributed by atoms with Gasteiger partial charge in [0.2, 0.25) is 0 Å². The largest absolute Gasteiger partial charge is 0.490 e. The van der Waals surface area contributed by atoms with Crippen LogP contribution in [-0.4, -0.2) is 19.2 Å². The quantitative estimate of drug-likeness (QED) is 0.416. The lowest BCUT2D eigenvalue weighted by Gasteiger charge is -2.11. The number of ether oxygens (including phenoxy) is 3. The third-order valence-electron chi connectivity index (χ3n) is 3.68. The molecule has 2 aromatic rings. The molecule has 0 aromatic heterocycles. The number of esters is 1. The minimum absolute atomic E-state index is 0.421. The van der Waals surface area contributed by atoms with Gasteiger partial charge < -0.3 is 14.2 Å². The molecule has 0 spiro atoms. The lowest BCUT2D eigenvalue weighted by Crippen LogP contribution is -2.04. The van der Waals surface area contributed by atoms with Gasteiger partial charge in [-0.3, -0.25) is 0 Å². The van der Waals surface area contributed by atoms with Crippen molar-refractivity contribution in [2.45, 2.75) is 27.7 Å². The van der Waals surface area contributed by atoms with Crippen LogP contribution in [-0.2, 0) is 4.79 Å². The first-order valence-corrected chi connectivity index (χ1v) is 8.40. The van der Waals surface area contributed by atoms with Crippen molar-refractivity contribution in [2.24, 2.45) is 0 Å². The molecule has 0 fully saturated rings. The Morgan fingerprint density at radius 1 is 0.920 bits per heavy atom. The Hall–Kier alpha value is -2.75. The van der Waals surface area contributed by atoms with Crippen molar-refractivity contribution in [2.75, 3.05) is 13.2 Å². The maximum Gasteiger partial charge on any atom is 0.336 e. The smallest absolute Gasteiger partial charge is 0.336 e. The highest BCUT2D eigenvalue weighted by Gasteiger charge is 2.06. The third-order valence-corrected chi connectivity index (χ3v) is 3.68. The summed E-state index contributed by atoms with van der Waals surface area (Å²) < 4.78 is 16.4. The second kappa shape index (κ2) is 8.92. The fraction of sp³-hybridized carbons (Fsp3) is 0.286. The van der Waals surface area contributed by atoms with Crippen molar-refractivity contribution < 1.29 is 19.0 Å². The van der Waals surface area contributed by atoms with E-state index in [9.17, 15) is 4.79 Å². The topological polar surface area (TPSA) is 44.8 Å². The molecule has 0 bridgehead atoms. The second-order valence-electron chi connectivity index (χ2n) is 5.57. The number of rotatable bonds is 7. The Labute approximate surface area is 149 Å².